The van der Waals surface area contributed by atoms with Crippen molar-refractivity contribution < 1.29 is 9.59 Å². The fourth-order valence-electron chi connectivity index (χ4n) is 3.23. The Balaban J connectivity index is 1.91. The Morgan fingerprint density at radius 3 is 2.65 bits per heavy atom. The first-order valence-corrected chi connectivity index (χ1v) is 9.84. The number of carbonyl (C=O) groups excluding carboxylic acids is 2. The van der Waals surface area contributed by atoms with Gasteiger partial charge >= 0.3 is 0 Å². The average Bonchev–Trinajstić information content (AvgIpc) is 2.67. The summed E-state index contributed by atoms with van der Waals surface area (Å²) in [5.41, 5.74) is 5.01. The molecule has 142 valence electrons. The molecule has 1 aromatic carbocycles. The summed E-state index contributed by atoms with van der Waals surface area (Å²) in [5, 5.41) is 7.21. The largest absolute Gasteiger partial charge is 0.326 e. The normalized spacial score (nSPS) is 15.5. The Morgan fingerprint density at radius 1 is 1.15 bits per heavy atom. The van der Waals surface area contributed by atoms with Crippen molar-refractivity contribution in [2.24, 2.45) is 11.0 Å². The summed E-state index contributed by atoms with van der Waals surface area (Å²) in [4.78, 5) is 24.2. The van der Waals surface area contributed by atoms with E-state index in [0.29, 0.717) is 6.42 Å². The molecular weight excluding hydrogens is 326 g/mol. The van der Waals surface area contributed by atoms with Crippen LogP contribution in [-0.2, 0) is 9.59 Å². The van der Waals surface area contributed by atoms with Gasteiger partial charge in [0.15, 0.2) is 0 Å². The SMILES string of the molecule is CCCCCC(=O)N/N=C(/C)c1cccc(NC(=O)C2CCCCC2)c1. The van der Waals surface area contributed by atoms with Gasteiger partial charge in [-0.25, -0.2) is 5.43 Å². The first-order valence-electron chi connectivity index (χ1n) is 9.84. The Hall–Kier alpha value is -2.17. The van der Waals surface area contributed by atoms with E-state index in [4.69, 9.17) is 0 Å². The van der Waals surface area contributed by atoms with Crippen molar-refractivity contribution >= 4 is 23.2 Å². The molecule has 26 heavy (non-hydrogen) atoms. The number of nitrogens with zero attached hydrogens (tertiary/aromatic N) is 1. The lowest BCUT2D eigenvalue weighted by molar-refractivity contribution is -0.121. The van der Waals surface area contributed by atoms with Crippen LogP contribution in [0, 0.1) is 5.92 Å². The lowest BCUT2D eigenvalue weighted by Crippen LogP contribution is -2.24. The zero-order valence-corrected chi connectivity index (χ0v) is 16.0. The van der Waals surface area contributed by atoms with Crippen LogP contribution < -0.4 is 10.7 Å². The predicted octanol–water partition coefficient (Wildman–Crippen LogP) is 4.63. The number of carbonyl (C=O) groups is 2. The van der Waals surface area contributed by atoms with E-state index in [-0.39, 0.29) is 17.7 Å². The Bertz CT molecular complexity index is 634. The smallest absolute Gasteiger partial charge is 0.240 e. The molecule has 0 bridgehead atoms. The van der Waals surface area contributed by atoms with Gasteiger partial charge in [0.1, 0.15) is 0 Å². The molecule has 1 fully saturated rings. The molecule has 2 amide bonds. The van der Waals surface area contributed by atoms with Crippen LogP contribution in [0.4, 0.5) is 5.69 Å². The minimum Gasteiger partial charge on any atom is -0.326 e. The molecule has 0 atom stereocenters. The van der Waals surface area contributed by atoms with Crippen molar-refractivity contribution in [2.75, 3.05) is 5.32 Å². The monoisotopic (exact) mass is 357 g/mol. The number of hydrazone groups is 1. The molecule has 2 N–H and O–H groups in total. The predicted molar refractivity (Wildman–Crippen MR) is 106 cm³/mol. The highest BCUT2D eigenvalue weighted by atomic mass is 16.2. The van der Waals surface area contributed by atoms with Crippen LogP contribution in [0.1, 0.15) is 77.2 Å². The second kappa shape index (κ2) is 10.7. The van der Waals surface area contributed by atoms with E-state index in [0.717, 1.165) is 61.9 Å². The summed E-state index contributed by atoms with van der Waals surface area (Å²) in [6, 6.07) is 7.62. The quantitative estimate of drug-likeness (QED) is 0.405. The van der Waals surface area contributed by atoms with Gasteiger partial charge < -0.3 is 5.32 Å². The summed E-state index contributed by atoms with van der Waals surface area (Å²) in [7, 11) is 0. The van der Waals surface area contributed by atoms with Crippen LogP contribution in [-0.4, -0.2) is 17.5 Å². The van der Waals surface area contributed by atoms with Gasteiger partial charge in [0.2, 0.25) is 11.8 Å². The van der Waals surface area contributed by atoms with Crippen LogP contribution in [0.2, 0.25) is 0 Å². The second-order valence-corrected chi connectivity index (χ2v) is 7.09. The maximum atomic E-state index is 12.4. The van der Waals surface area contributed by atoms with Gasteiger partial charge in [-0.1, -0.05) is 51.2 Å². The van der Waals surface area contributed by atoms with E-state index in [1.54, 1.807) is 0 Å². The summed E-state index contributed by atoms with van der Waals surface area (Å²) < 4.78 is 0. The number of hydrogen-bond donors (Lipinski definition) is 2. The van der Waals surface area contributed by atoms with Crippen LogP contribution in [0.25, 0.3) is 0 Å². The highest BCUT2D eigenvalue weighted by Gasteiger charge is 2.21. The van der Waals surface area contributed by atoms with Crippen LogP contribution in [0.15, 0.2) is 29.4 Å². The Morgan fingerprint density at radius 2 is 1.92 bits per heavy atom. The zero-order valence-electron chi connectivity index (χ0n) is 16.0. The first kappa shape index (κ1) is 20.1. The van der Waals surface area contributed by atoms with Crippen LogP contribution in [0.3, 0.4) is 0 Å². The third-order valence-electron chi connectivity index (χ3n) is 4.88. The summed E-state index contributed by atoms with van der Waals surface area (Å²) in [6.07, 6.45) is 9.02. The maximum Gasteiger partial charge on any atom is 0.240 e. The van der Waals surface area contributed by atoms with Crippen LogP contribution in [0.5, 0.6) is 0 Å². The minimum atomic E-state index is -0.0560. The van der Waals surface area contributed by atoms with Crippen molar-refractivity contribution in [3.63, 3.8) is 0 Å². The van der Waals surface area contributed by atoms with Gasteiger partial charge in [0, 0.05) is 18.0 Å². The third-order valence-corrected chi connectivity index (χ3v) is 4.88. The van der Waals surface area contributed by atoms with Crippen molar-refractivity contribution in [3.8, 4) is 0 Å². The van der Waals surface area contributed by atoms with Gasteiger partial charge in [-0.2, -0.15) is 5.10 Å². The van der Waals surface area contributed by atoms with Crippen molar-refractivity contribution in [1.29, 1.82) is 0 Å². The second-order valence-electron chi connectivity index (χ2n) is 7.09. The highest BCUT2D eigenvalue weighted by molar-refractivity contribution is 6.01. The molecular formula is C21H31N3O2. The number of unbranched alkanes of at least 4 members (excludes halogenated alkanes) is 2. The summed E-state index contributed by atoms with van der Waals surface area (Å²) in [6.45, 7) is 3.97. The standard InChI is InChI=1S/C21H31N3O2/c1-3-4-6-14-20(25)24-23-16(2)18-12-9-13-19(15-18)22-21(26)17-10-7-5-8-11-17/h9,12-13,15,17H,3-8,10-11,14H2,1-2H3,(H,22,26)(H,24,25)/b23-16-. The molecule has 1 aliphatic rings. The van der Waals surface area contributed by atoms with Crippen LogP contribution >= 0.6 is 0 Å². The van der Waals surface area contributed by atoms with Gasteiger partial charge in [0.25, 0.3) is 0 Å². The maximum absolute atomic E-state index is 12.4. The van der Waals surface area contributed by atoms with Gasteiger partial charge in [0.05, 0.1) is 5.71 Å². The number of hydrogen-bond acceptors (Lipinski definition) is 3. The lowest BCUT2D eigenvalue weighted by atomic mass is 9.88. The fourth-order valence-corrected chi connectivity index (χ4v) is 3.23. The molecule has 0 aromatic heterocycles. The molecule has 1 aliphatic carbocycles. The molecule has 0 saturated heterocycles. The van der Waals surface area contributed by atoms with Crippen molar-refractivity contribution in [1.82, 2.24) is 5.43 Å². The van der Waals surface area contributed by atoms with Gasteiger partial charge in [-0.15, -0.1) is 0 Å². The molecule has 0 radical (unpaired) electrons. The highest BCUT2D eigenvalue weighted by Crippen LogP contribution is 2.25. The van der Waals surface area contributed by atoms with E-state index < -0.39 is 0 Å². The number of amides is 2. The molecule has 0 spiro atoms. The Labute approximate surface area is 156 Å². The van der Waals surface area contributed by atoms with E-state index in [1.807, 2.05) is 31.2 Å². The molecule has 5 nitrogen and oxygen atoms in total. The number of benzene rings is 1. The minimum absolute atomic E-state index is 0.0560. The van der Waals surface area contributed by atoms with Crippen molar-refractivity contribution in [2.45, 2.75) is 71.6 Å². The molecule has 0 unspecified atom stereocenters. The summed E-state index contributed by atoms with van der Waals surface area (Å²) >= 11 is 0. The van der Waals surface area contributed by atoms with E-state index in [1.165, 1.54) is 6.42 Å². The topological polar surface area (TPSA) is 70.6 Å². The molecule has 0 heterocycles. The number of rotatable bonds is 8. The fraction of sp³-hybridized carbons (Fsp3) is 0.571. The van der Waals surface area contributed by atoms with Crippen molar-refractivity contribution in [3.05, 3.63) is 29.8 Å². The zero-order chi connectivity index (χ0) is 18.8. The Kier molecular flexibility index (Phi) is 8.32. The molecule has 1 aromatic rings. The summed E-state index contributed by atoms with van der Waals surface area (Å²) in [5.74, 6) is 0.185. The van der Waals surface area contributed by atoms with Gasteiger partial charge in [-0.3, -0.25) is 9.59 Å². The lowest BCUT2D eigenvalue weighted by Gasteiger charge is -2.20. The first-order chi connectivity index (χ1) is 12.6. The van der Waals surface area contributed by atoms with E-state index in [2.05, 4.69) is 22.8 Å². The molecule has 0 aliphatic heterocycles. The average molecular weight is 357 g/mol. The number of nitrogens with one attached hydrogen (secondary N) is 2. The molecule has 5 heteroatoms. The van der Waals surface area contributed by atoms with Gasteiger partial charge in [-0.05, 0) is 43.9 Å². The molecule has 2 rings (SSSR count). The molecule has 1 saturated carbocycles. The van der Waals surface area contributed by atoms with E-state index in [9.17, 15) is 9.59 Å². The third kappa shape index (κ3) is 6.62. The number of anilines is 1. The van der Waals surface area contributed by atoms with E-state index >= 15 is 0 Å².